The van der Waals surface area contributed by atoms with Gasteiger partial charge in [0.05, 0.1) is 0 Å². The zero-order valence-electron chi connectivity index (χ0n) is 15.9. The lowest BCUT2D eigenvalue weighted by atomic mass is 9.99. The summed E-state index contributed by atoms with van der Waals surface area (Å²) in [6.07, 6.45) is 5.51. The van der Waals surface area contributed by atoms with Crippen LogP contribution in [0, 0.1) is 6.92 Å². The van der Waals surface area contributed by atoms with E-state index < -0.39 is 8.56 Å². The maximum absolute atomic E-state index is 6.46. The van der Waals surface area contributed by atoms with Crippen molar-refractivity contribution in [2.75, 3.05) is 19.8 Å². The highest BCUT2D eigenvalue weighted by Crippen LogP contribution is 2.44. The van der Waals surface area contributed by atoms with E-state index in [0.717, 1.165) is 31.9 Å². The minimum absolute atomic E-state index is 0.214. The molecule has 1 aromatic rings. The number of aryl methyl sites for hydroxylation is 2. The Balaban J connectivity index is 2.29. The summed E-state index contributed by atoms with van der Waals surface area (Å²) >= 11 is 0. The van der Waals surface area contributed by atoms with E-state index in [2.05, 4.69) is 52.0 Å². The van der Waals surface area contributed by atoms with Crippen LogP contribution in [-0.4, -0.2) is 33.6 Å². The Kier molecular flexibility index (Phi) is 7.48. The van der Waals surface area contributed by atoms with Gasteiger partial charge in [-0.05, 0) is 64.1 Å². The molecular weight excluding hydrogens is 316 g/mol. The fourth-order valence-corrected chi connectivity index (χ4v) is 8.60. The zero-order chi connectivity index (χ0) is 17.5. The SMILES string of the molecule is CCOC1(CCc2ccccc2C)CCCC[Si]1(OCC)OCC. The Hall–Kier alpha value is -0.683. The average Bonchev–Trinajstić information content (AvgIpc) is 2.57. The smallest absolute Gasteiger partial charge is 0.371 e. The first-order valence-corrected chi connectivity index (χ1v) is 11.6. The predicted octanol–water partition coefficient (Wildman–Crippen LogP) is 4.94. The van der Waals surface area contributed by atoms with Gasteiger partial charge in [-0.25, -0.2) is 0 Å². The van der Waals surface area contributed by atoms with Gasteiger partial charge in [-0.3, -0.25) is 0 Å². The molecular formula is C20H34O3Si. The van der Waals surface area contributed by atoms with Crippen LogP contribution in [0.25, 0.3) is 0 Å². The number of rotatable bonds is 9. The van der Waals surface area contributed by atoms with E-state index in [1.54, 1.807) is 0 Å². The Bertz CT molecular complexity index is 490. The lowest BCUT2D eigenvalue weighted by molar-refractivity contribution is -0.0453. The van der Waals surface area contributed by atoms with Crippen molar-refractivity contribution in [2.24, 2.45) is 0 Å². The number of hydrogen-bond acceptors (Lipinski definition) is 3. The fourth-order valence-electron chi connectivity index (χ4n) is 4.18. The molecule has 1 heterocycles. The Morgan fingerprint density at radius 1 is 1.00 bits per heavy atom. The monoisotopic (exact) mass is 350 g/mol. The molecule has 4 heteroatoms. The van der Waals surface area contributed by atoms with E-state index in [4.69, 9.17) is 13.6 Å². The Morgan fingerprint density at radius 3 is 2.33 bits per heavy atom. The van der Waals surface area contributed by atoms with Gasteiger partial charge in [-0.1, -0.05) is 37.1 Å². The molecule has 0 spiro atoms. The molecule has 0 bridgehead atoms. The molecule has 1 saturated heterocycles. The summed E-state index contributed by atoms with van der Waals surface area (Å²) in [6.45, 7) is 10.6. The first kappa shape index (κ1) is 19.6. The van der Waals surface area contributed by atoms with Crippen LogP contribution < -0.4 is 0 Å². The van der Waals surface area contributed by atoms with E-state index in [1.807, 2.05) is 0 Å². The maximum atomic E-state index is 6.46. The standard InChI is InChI=1S/C20H34O3Si/c1-5-21-20(16-14-19-13-9-8-12-18(19)4)15-10-11-17-24(20,22-6-2)23-7-3/h8-9,12-13H,5-7,10-11,14-17H2,1-4H3. The van der Waals surface area contributed by atoms with Crippen LogP contribution in [0.5, 0.6) is 0 Å². The second-order valence-corrected chi connectivity index (χ2v) is 10.2. The summed E-state index contributed by atoms with van der Waals surface area (Å²) in [6, 6.07) is 9.73. The fraction of sp³-hybridized carbons (Fsp3) is 0.700. The second-order valence-electron chi connectivity index (χ2n) is 6.68. The van der Waals surface area contributed by atoms with E-state index in [0.29, 0.717) is 13.2 Å². The molecule has 0 N–H and O–H groups in total. The number of benzene rings is 1. The lowest BCUT2D eigenvalue weighted by Gasteiger charge is -2.49. The van der Waals surface area contributed by atoms with Crippen molar-refractivity contribution in [2.45, 2.75) is 71.1 Å². The molecule has 3 nitrogen and oxygen atoms in total. The predicted molar refractivity (Wildman–Crippen MR) is 102 cm³/mol. The summed E-state index contributed by atoms with van der Waals surface area (Å²) in [7, 11) is -2.38. The summed E-state index contributed by atoms with van der Waals surface area (Å²) in [4.78, 5) is 0. The van der Waals surface area contributed by atoms with Crippen molar-refractivity contribution in [3.05, 3.63) is 35.4 Å². The maximum Gasteiger partial charge on any atom is 0.371 e. The largest absolute Gasteiger partial charge is 0.393 e. The minimum Gasteiger partial charge on any atom is -0.393 e. The number of hydrogen-bond donors (Lipinski definition) is 0. The molecule has 136 valence electrons. The third-order valence-electron chi connectivity index (χ3n) is 5.27. The van der Waals surface area contributed by atoms with Crippen molar-refractivity contribution in [3.63, 3.8) is 0 Å². The van der Waals surface area contributed by atoms with Gasteiger partial charge in [-0.15, -0.1) is 0 Å². The van der Waals surface area contributed by atoms with Crippen molar-refractivity contribution in [1.29, 1.82) is 0 Å². The molecule has 1 aliphatic heterocycles. The quantitative estimate of drug-likeness (QED) is 0.590. The van der Waals surface area contributed by atoms with Crippen LogP contribution >= 0.6 is 0 Å². The van der Waals surface area contributed by atoms with Crippen LogP contribution in [0.1, 0.15) is 57.6 Å². The van der Waals surface area contributed by atoms with Crippen LogP contribution in [0.2, 0.25) is 6.04 Å². The molecule has 2 rings (SSSR count). The molecule has 24 heavy (non-hydrogen) atoms. The van der Waals surface area contributed by atoms with Gasteiger partial charge < -0.3 is 13.6 Å². The third-order valence-corrected chi connectivity index (χ3v) is 9.82. The summed E-state index contributed by atoms with van der Waals surface area (Å²) in [5.74, 6) is 0. The topological polar surface area (TPSA) is 27.7 Å². The van der Waals surface area contributed by atoms with E-state index in [1.165, 1.54) is 24.0 Å². The van der Waals surface area contributed by atoms with Crippen molar-refractivity contribution in [3.8, 4) is 0 Å². The summed E-state index contributed by atoms with van der Waals surface area (Å²) in [5.41, 5.74) is 2.78. The molecule has 1 aliphatic rings. The average molecular weight is 351 g/mol. The zero-order valence-corrected chi connectivity index (χ0v) is 16.9. The highest BCUT2D eigenvalue weighted by atomic mass is 28.4. The van der Waals surface area contributed by atoms with Gasteiger partial charge in [0, 0.05) is 19.8 Å². The van der Waals surface area contributed by atoms with Gasteiger partial charge in [0.15, 0.2) is 0 Å². The Morgan fingerprint density at radius 2 is 1.71 bits per heavy atom. The van der Waals surface area contributed by atoms with Crippen molar-refractivity contribution >= 4 is 8.56 Å². The molecule has 1 atom stereocenters. The first-order chi connectivity index (χ1) is 11.6. The third kappa shape index (κ3) is 4.10. The van der Waals surface area contributed by atoms with E-state index >= 15 is 0 Å². The molecule has 0 saturated carbocycles. The molecule has 1 fully saturated rings. The highest BCUT2D eigenvalue weighted by molar-refractivity contribution is 6.70. The molecule has 0 aliphatic carbocycles. The summed E-state index contributed by atoms with van der Waals surface area (Å²) < 4.78 is 19.2. The van der Waals surface area contributed by atoms with Crippen LogP contribution in [0.4, 0.5) is 0 Å². The normalized spacial score (nSPS) is 23.3. The minimum atomic E-state index is -2.38. The van der Waals surface area contributed by atoms with E-state index in [-0.39, 0.29) is 5.22 Å². The second kappa shape index (κ2) is 9.14. The van der Waals surface area contributed by atoms with Gasteiger partial charge in [0.25, 0.3) is 0 Å². The summed E-state index contributed by atoms with van der Waals surface area (Å²) in [5, 5.41) is -0.214. The van der Waals surface area contributed by atoms with Gasteiger partial charge in [0.2, 0.25) is 0 Å². The van der Waals surface area contributed by atoms with Gasteiger partial charge in [0.1, 0.15) is 5.22 Å². The van der Waals surface area contributed by atoms with Gasteiger partial charge >= 0.3 is 8.56 Å². The van der Waals surface area contributed by atoms with Crippen LogP contribution in [0.15, 0.2) is 24.3 Å². The van der Waals surface area contributed by atoms with Crippen LogP contribution in [-0.2, 0) is 20.0 Å². The number of ether oxygens (including phenoxy) is 1. The first-order valence-electron chi connectivity index (χ1n) is 9.59. The Labute approximate surface area is 149 Å². The molecule has 0 radical (unpaired) electrons. The molecule has 1 aromatic carbocycles. The molecule has 1 unspecified atom stereocenters. The van der Waals surface area contributed by atoms with E-state index in [9.17, 15) is 0 Å². The van der Waals surface area contributed by atoms with Gasteiger partial charge in [-0.2, -0.15) is 0 Å². The molecule has 0 aromatic heterocycles. The molecule has 0 amide bonds. The highest BCUT2D eigenvalue weighted by Gasteiger charge is 2.59. The van der Waals surface area contributed by atoms with Crippen molar-refractivity contribution in [1.82, 2.24) is 0 Å². The van der Waals surface area contributed by atoms with Crippen molar-refractivity contribution < 1.29 is 13.6 Å². The van der Waals surface area contributed by atoms with Crippen LogP contribution in [0.3, 0.4) is 0 Å². The lowest BCUT2D eigenvalue weighted by Crippen LogP contribution is -2.66.